The molecule has 1 atom stereocenters. The first kappa shape index (κ1) is 24.0. The highest BCUT2D eigenvalue weighted by molar-refractivity contribution is 7.47. The summed E-state index contributed by atoms with van der Waals surface area (Å²) in [6, 6.07) is 21.6. The second-order valence-electron chi connectivity index (χ2n) is 9.05. The van der Waals surface area contributed by atoms with Gasteiger partial charge in [0.25, 0.3) is 8.38 Å². The molecule has 0 saturated carbocycles. The van der Waals surface area contributed by atoms with Gasteiger partial charge in [-0.1, -0.05) is 82.6 Å². The molecular formula is C28H33O3P. The number of carbonyl (C=O) groups excluding carboxylic acids is 1. The standard InChI is InChI=1S/C28H33O3P/c1-7-13-21-15-12-14-20(2)26(21)27(29)22-16-8-10-18-24(22)30-32(6)31-25-19-11-9-17-23(25)28(3,4)5/h8-12,14-19H,7,13H2,1-6H3. The third kappa shape index (κ3) is 5.58. The van der Waals surface area contributed by atoms with Gasteiger partial charge in [0.15, 0.2) is 5.78 Å². The van der Waals surface area contributed by atoms with Gasteiger partial charge in [0, 0.05) is 12.2 Å². The number of hydrogen-bond acceptors (Lipinski definition) is 3. The van der Waals surface area contributed by atoms with Crippen LogP contribution in [0.3, 0.4) is 0 Å². The molecule has 0 N–H and O–H groups in total. The van der Waals surface area contributed by atoms with E-state index in [1.54, 1.807) is 0 Å². The minimum atomic E-state index is -1.28. The molecule has 4 heteroatoms. The fourth-order valence-corrected chi connectivity index (χ4v) is 4.77. The Morgan fingerprint density at radius 3 is 2.19 bits per heavy atom. The third-order valence-electron chi connectivity index (χ3n) is 5.39. The zero-order valence-corrected chi connectivity index (χ0v) is 20.8. The van der Waals surface area contributed by atoms with Gasteiger partial charge in [0.2, 0.25) is 0 Å². The number of para-hydroxylation sites is 2. The molecule has 0 spiro atoms. The molecule has 0 radical (unpaired) electrons. The third-order valence-corrected chi connectivity index (χ3v) is 6.29. The topological polar surface area (TPSA) is 35.5 Å². The summed E-state index contributed by atoms with van der Waals surface area (Å²) in [6.45, 7) is 12.5. The van der Waals surface area contributed by atoms with E-state index in [0.29, 0.717) is 11.3 Å². The summed E-state index contributed by atoms with van der Waals surface area (Å²) >= 11 is 0. The van der Waals surface area contributed by atoms with E-state index >= 15 is 0 Å². The number of carbonyl (C=O) groups is 1. The van der Waals surface area contributed by atoms with Gasteiger partial charge in [-0.25, -0.2) is 0 Å². The number of benzene rings is 3. The quantitative estimate of drug-likeness (QED) is 0.260. The molecule has 0 aliphatic heterocycles. The van der Waals surface area contributed by atoms with E-state index in [1.807, 2.05) is 74.3 Å². The molecule has 0 aliphatic carbocycles. The first-order valence-corrected chi connectivity index (χ1v) is 12.8. The lowest BCUT2D eigenvalue weighted by Crippen LogP contribution is -2.13. The lowest BCUT2D eigenvalue weighted by atomic mass is 9.86. The van der Waals surface area contributed by atoms with Crippen molar-refractivity contribution in [2.75, 3.05) is 6.66 Å². The van der Waals surface area contributed by atoms with Crippen LogP contribution in [-0.2, 0) is 11.8 Å². The zero-order valence-electron chi connectivity index (χ0n) is 19.9. The molecule has 0 aromatic heterocycles. The smallest absolute Gasteiger partial charge is 0.286 e. The van der Waals surface area contributed by atoms with E-state index in [4.69, 9.17) is 9.05 Å². The maximum atomic E-state index is 13.6. The van der Waals surface area contributed by atoms with Crippen LogP contribution in [0.25, 0.3) is 0 Å². The van der Waals surface area contributed by atoms with Crippen molar-refractivity contribution in [2.45, 2.75) is 52.9 Å². The molecule has 3 nitrogen and oxygen atoms in total. The molecule has 3 rings (SSSR count). The van der Waals surface area contributed by atoms with Crippen molar-refractivity contribution in [1.82, 2.24) is 0 Å². The number of hydrogen-bond donors (Lipinski definition) is 0. The molecule has 3 aromatic rings. The molecule has 0 aliphatic rings. The summed E-state index contributed by atoms with van der Waals surface area (Å²) in [5.74, 6) is 1.38. The summed E-state index contributed by atoms with van der Waals surface area (Å²) in [6.07, 6.45) is 1.86. The molecule has 32 heavy (non-hydrogen) atoms. The summed E-state index contributed by atoms with van der Waals surface area (Å²) in [4.78, 5) is 13.6. The van der Waals surface area contributed by atoms with Crippen molar-refractivity contribution in [3.05, 3.63) is 94.5 Å². The van der Waals surface area contributed by atoms with Crippen molar-refractivity contribution >= 4 is 14.2 Å². The number of rotatable bonds is 8. The highest BCUT2D eigenvalue weighted by atomic mass is 31.2. The van der Waals surface area contributed by atoms with Crippen molar-refractivity contribution in [3.63, 3.8) is 0 Å². The van der Waals surface area contributed by atoms with Crippen LogP contribution in [0.5, 0.6) is 11.5 Å². The van der Waals surface area contributed by atoms with Gasteiger partial charge in [0.1, 0.15) is 11.5 Å². The minimum absolute atomic E-state index is 0.000594. The van der Waals surface area contributed by atoms with Crippen LogP contribution in [0.2, 0.25) is 0 Å². The maximum absolute atomic E-state index is 13.6. The van der Waals surface area contributed by atoms with Crippen LogP contribution >= 0.6 is 8.38 Å². The van der Waals surface area contributed by atoms with Crippen LogP contribution in [-0.4, -0.2) is 12.4 Å². The van der Waals surface area contributed by atoms with Crippen LogP contribution < -0.4 is 9.05 Å². The number of ketones is 1. The van der Waals surface area contributed by atoms with Crippen molar-refractivity contribution in [2.24, 2.45) is 0 Å². The summed E-state index contributed by atoms with van der Waals surface area (Å²) in [7, 11) is -1.28. The predicted molar refractivity (Wildman–Crippen MR) is 134 cm³/mol. The first-order valence-electron chi connectivity index (χ1n) is 11.1. The van der Waals surface area contributed by atoms with E-state index in [-0.39, 0.29) is 11.2 Å². The fraction of sp³-hybridized carbons (Fsp3) is 0.321. The number of aryl methyl sites for hydroxylation is 2. The Morgan fingerprint density at radius 1 is 0.875 bits per heavy atom. The molecular weight excluding hydrogens is 415 g/mol. The predicted octanol–water partition coefficient (Wildman–Crippen LogP) is 7.88. The monoisotopic (exact) mass is 448 g/mol. The molecule has 0 saturated heterocycles. The van der Waals surface area contributed by atoms with Gasteiger partial charge >= 0.3 is 0 Å². The van der Waals surface area contributed by atoms with E-state index < -0.39 is 8.38 Å². The largest absolute Gasteiger partial charge is 0.438 e. The second-order valence-corrected chi connectivity index (χ2v) is 10.3. The lowest BCUT2D eigenvalue weighted by molar-refractivity contribution is 0.103. The molecule has 3 aromatic carbocycles. The maximum Gasteiger partial charge on any atom is 0.286 e. The molecule has 1 unspecified atom stereocenters. The van der Waals surface area contributed by atoms with Gasteiger partial charge in [-0.2, -0.15) is 0 Å². The molecule has 0 bridgehead atoms. The summed E-state index contributed by atoms with van der Waals surface area (Å²) < 4.78 is 12.5. The Bertz CT molecular complexity index is 1080. The van der Waals surface area contributed by atoms with E-state index in [2.05, 4.69) is 33.8 Å². The Morgan fingerprint density at radius 2 is 1.50 bits per heavy atom. The van der Waals surface area contributed by atoms with E-state index in [9.17, 15) is 4.79 Å². The Hall–Kier alpha value is -2.64. The van der Waals surface area contributed by atoms with Gasteiger partial charge in [-0.05, 0) is 53.6 Å². The highest BCUT2D eigenvalue weighted by Crippen LogP contribution is 2.42. The van der Waals surface area contributed by atoms with Crippen LogP contribution in [0, 0.1) is 6.92 Å². The lowest BCUT2D eigenvalue weighted by Gasteiger charge is -2.24. The van der Waals surface area contributed by atoms with Crippen molar-refractivity contribution in [3.8, 4) is 11.5 Å². The Kier molecular flexibility index (Phi) is 7.74. The fourth-order valence-electron chi connectivity index (χ4n) is 3.86. The second kappa shape index (κ2) is 10.3. The minimum Gasteiger partial charge on any atom is -0.438 e. The molecule has 0 amide bonds. The summed E-state index contributed by atoms with van der Waals surface area (Å²) in [5.41, 5.74) is 4.52. The Labute approximate surface area is 193 Å². The van der Waals surface area contributed by atoms with Gasteiger partial charge in [0.05, 0.1) is 5.56 Å². The zero-order chi connectivity index (χ0) is 23.3. The molecule has 0 heterocycles. The normalized spacial score (nSPS) is 12.3. The molecule has 0 fully saturated rings. The Balaban J connectivity index is 1.88. The van der Waals surface area contributed by atoms with Crippen LogP contribution in [0.15, 0.2) is 66.7 Å². The molecule has 168 valence electrons. The van der Waals surface area contributed by atoms with Crippen LogP contribution in [0.1, 0.15) is 66.7 Å². The average molecular weight is 449 g/mol. The van der Waals surface area contributed by atoms with Gasteiger partial charge < -0.3 is 9.05 Å². The highest BCUT2D eigenvalue weighted by Gasteiger charge is 2.23. The average Bonchev–Trinajstić information content (AvgIpc) is 2.74. The van der Waals surface area contributed by atoms with E-state index in [0.717, 1.165) is 40.8 Å². The van der Waals surface area contributed by atoms with E-state index in [1.165, 1.54) is 0 Å². The SMILES string of the molecule is CCCc1cccc(C)c1C(=O)c1ccccc1OP(C)Oc1ccccc1C(C)(C)C. The van der Waals surface area contributed by atoms with Crippen molar-refractivity contribution < 1.29 is 13.8 Å². The first-order chi connectivity index (χ1) is 15.2. The van der Waals surface area contributed by atoms with Crippen LogP contribution in [0.4, 0.5) is 0 Å². The van der Waals surface area contributed by atoms with Gasteiger partial charge in [-0.3, -0.25) is 4.79 Å². The summed E-state index contributed by atoms with van der Waals surface area (Å²) in [5, 5.41) is 0. The van der Waals surface area contributed by atoms with Gasteiger partial charge in [-0.15, -0.1) is 0 Å². The van der Waals surface area contributed by atoms with Crippen molar-refractivity contribution in [1.29, 1.82) is 0 Å².